The number of hydrogen-bond acceptors (Lipinski definition) is 6. The van der Waals surface area contributed by atoms with Crippen molar-refractivity contribution < 1.29 is 9.57 Å². The Morgan fingerprint density at radius 1 is 1.00 bits per heavy atom. The molecule has 0 aromatic heterocycles. The summed E-state index contributed by atoms with van der Waals surface area (Å²) in [7, 11) is 2.35. The largest absolute Gasteiger partial charge is 0.356 e. The van der Waals surface area contributed by atoms with Crippen LogP contribution < -0.4 is 0 Å². The molecule has 0 unspecified atom stereocenters. The summed E-state index contributed by atoms with van der Waals surface area (Å²) in [5.41, 5.74) is 0. The van der Waals surface area contributed by atoms with Crippen molar-refractivity contribution in [1.29, 1.82) is 0 Å². The highest BCUT2D eigenvalue weighted by molar-refractivity contribution is 4.72. The van der Waals surface area contributed by atoms with Crippen LogP contribution in [0.15, 0.2) is 0 Å². The highest BCUT2D eigenvalue weighted by Crippen LogP contribution is 2.25. The second-order valence-electron chi connectivity index (χ2n) is 4.70. The Kier molecular flexibility index (Phi) is 2.51. The molecule has 86 valence electrons. The Balaban J connectivity index is 0.000000188. The van der Waals surface area contributed by atoms with Gasteiger partial charge >= 0.3 is 0 Å². The minimum absolute atomic E-state index is 1.20. The molecular formula is C7H15N5O3. The van der Waals surface area contributed by atoms with E-state index in [1.165, 1.54) is 44.5 Å². The maximum Gasteiger partial charge on any atom is 0.139 e. The van der Waals surface area contributed by atoms with Gasteiger partial charge in [-0.3, -0.25) is 4.48 Å². The average molecular weight is 217 g/mol. The zero-order valence-corrected chi connectivity index (χ0v) is 8.70. The van der Waals surface area contributed by atoms with E-state index in [9.17, 15) is 0 Å². The fraction of sp³-hybridized carbons (Fsp3) is 1.00. The first-order chi connectivity index (χ1) is 6.97. The van der Waals surface area contributed by atoms with E-state index in [1.807, 2.05) is 0 Å². The molecule has 4 rings (SSSR count). The van der Waals surface area contributed by atoms with Crippen molar-refractivity contribution in [3.63, 3.8) is 0 Å². The number of nitrogens with zero attached hydrogens (tertiary/aromatic N) is 5. The van der Waals surface area contributed by atoms with Gasteiger partial charge in [0.2, 0.25) is 0 Å². The summed E-state index contributed by atoms with van der Waals surface area (Å²) in [6.07, 6.45) is 0. The molecule has 0 radical (unpaired) electrons. The average Bonchev–Trinajstić information content (AvgIpc) is 1.96. The Morgan fingerprint density at radius 3 is 1.47 bits per heavy atom. The second-order valence-corrected chi connectivity index (χ2v) is 4.70. The van der Waals surface area contributed by atoms with Crippen molar-refractivity contribution in [2.75, 3.05) is 47.1 Å². The van der Waals surface area contributed by atoms with Crippen molar-refractivity contribution in [3.05, 3.63) is 15.3 Å². The molecule has 0 spiro atoms. The van der Waals surface area contributed by atoms with Gasteiger partial charge in [-0.15, -0.1) is 0 Å². The third-order valence-electron chi connectivity index (χ3n) is 2.82. The molecule has 4 fully saturated rings. The number of rotatable bonds is 0. The molecule has 4 aliphatic rings. The van der Waals surface area contributed by atoms with E-state index in [0.717, 1.165) is 0 Å². The predicted molar refractivity (Wildman–Crippen MR) is 51.3 cm³/mol. The second kappa shape index (κ2) is 3.56. The van der Waals surface area contributed by atoms with Gasteiger partial charge in [-0.2, -0.15) is 0 Å². The Bertz CT molecular complexity index is 232. The van der Waals surface area contributed by atoms with Gasteiger partial charge in [0.1, 0.15) is 20.0 Å². The van der Waals surface area contributed by atoms with Crippen LogP contribution in [0.5, 0.6) is 0 Å². The highest BCUT2D eigenvalue weighted by Gasteiger charge is 2.45. The normalized spacial score (nSPS) is 45.8. The van der Waals surface area contributed by atoms with Gasteiger partial charge in [0.25, 0.3) is 0 Å². The minimum Gasteiger partial charge on any atom is -0.356 e. The first kappa shape index (κ1) is 10.6. The number of quaternary nitrogens is 1. The molecule has 8 nitrogen and oxygen atoms in total. The van der Waals surface area contributed by atoms with Crippen LogP contribution in [0.3, 0.4) is 0 Å². The van der Waals surface area contributed by atoms with Crippen molar-refractivity contribution in [3.8, 4) is 0 Å². The van der Waals surface area contributed by atoms with Gasteiger partial charge in [0, 0.05) is 0 Å². The van der Waals surface area contributed by atoms with Gasteiger partial charge in [0.05, 0.1) is 32.1 Å². The zero-order chi connectivity index (χ0) is 11.1. The van der Waals surface area contributed by atoms with E-state index in [2.05, 4.69) is 21.7 Å². The molecule has 4 saturated heterocycles. The predicted octanol–water partition coefficient (Wildman–Crippen LogP) is -1.11. The molecule has 0 atom stereocenters. The van der Waals surface area contributed by atoms with Gasteiger partial charge < -0.3 is 15.3 Å². The minimum atomic E-state index is -1.75. The molecule has 0 amide bonds. The van der Waals surface area contributed by atoms with E-state index in [0.29, 0.717) is 0 Å². The molecular weight excluding hydrogens is 202 g/mol. The maximum atomic E-state index is 8.25. The summed E-state index contributed by atoms with van der Waals surface area (Å²) in [6, 6.07) is 0. The molecule has 4 heterocycles. The van der Waals surface area contributed by atoms with E-state index in [1.54, 1.807) is 0 Å². The topological polar surface area (TPSA) is 75.9 Å². The van der Waals surface area contributed by atoms with Gasteiger partial charge in [-0.05, 0) is 0 Å². The first-order valence-corrected chi connectivity index (χ1v) is 4.79. The SMILES string of the molecule is C[N+]12CN3CN(CN(C3)C1)C2.O=[N+]([O-])[O-]. The standard InChI is InChI=1S/C7H15N4.NO3/c1-11-5-8-2-9(6-11)4-10(3-8)7-11;2-1(3)4/h2-7H2,1H3;/q+1;-1. The lowest BCUT2D eigenvalue weighted by molar-refractivity contribution is -0.963. The van der Waals surface area contributed by atoms with E-state index in [4.69, 9.17) is 15.3 Å². The van der Waals surface area contributed by atoms with Crippen molar-refractivity contribution in [2.45, 2.75) is 0 Å². The quantitative estimate of drug-likeness (QED) is 0.291. The molecule has 0 aromatic carbocycles. The van der Waals surface area contributed by atoms with Crippen LogP contribution in [0.1, 0.15) is 0 Å². The molecule has 0 saturated carbocycles. The van der Waals surface area contributed by atoms with Crippen LogP contribution in [0.4, 0.5) is 0 Å². The lowest BCUT2D eigenvalue weighted by Gasteiger charge is -2.59. The lowest BCUT2D eigenvalue weighted by Crippen LogP contribution is -2.77. The fourth-order valence-electron chi connectivity index (χ4n) is 2.83. The molecule has 8 heteroatoms. The molecule has 0 aliphatic carbocycles. The number of hydrogen-bond donors (Lipinski definition) is 0. The summed E-state index contributed by atoms with van der Waals surface area (Å²) in [4.78, 5) is 15.8. The summed E-state index contributed by atoms with van der Waals surface area (Å²) in [6.45, 7) is 7.37. The van der Waals surface area contributed by atoms with Gasteiger partial charge in [0.15, 0.2) is 0 Å². The van der Waals surface area contributed by atoms with Crippen LogP contribution in [-0.4, -0.2) is 71.3 Å². The lowest BCUT2D eigenvalue weighted by atomic mass is 10.3. The molecule has 4 aliphatic heterocycles. The van der Waals surface area contributed by atoms with E-state index in [-0.39, 0.29) is 0 Å². The van der Waals surface area contributed by atoms with Gasteiger partial charge in [-0.1, -0.05) is 0 Å². The monoisotopic (exact) mass is 217 g/mol. The fourth-order valence-corrected chi connectivity index (χ4v) is 2.83. The third kappa shape index (κ3) is 2.34. The zero-order valence-electron chi connectivity index (χ0n) is 8.70. The van der Waals surface area contributed by atoms with E-state index < -0.39 is 5.09 Å². The summed E-state index contributed by atoms with van der Waals surface area (Å²) in [5.74, 6) is 0. The van der Waals surface area contributed by atoms with E-state index >= 15 is 0 Å². The first-order valence-electron chi connectivity index (χ1n) is 4.79. The van der Waals surface area contributed by atoms with Crippen LogP contribution in [0, 0.1) is 15.3 Å². The van der Waals surface area contributed by atoms with Crippen molar-refractivity contribution in [2.24, 2.45) is 0 Å². The Morgan fingerprint density at radius 2 is 1.27 bits per heavy atom. The van der Waals surface area contributed by atoms with Crippen LogP contribution in [0.25, 0.3) is 0 Å². The smallest absolute Gasteiger partial charge is 0.139 e. The summed E-state index contributed by atoms with van der Waals surface area (Å²) >= 11 is 0. The Hall–Kier alpha value is -0.960. The van der Waals surface area contributed by atoms with Crippen LogP contribution in [-0.2, 0) is 0 Å². The van der Waals surface area contributed by atoms with Gasteiger partial charge in [-0.25, -0.2) is 14.7 Å². The van der Waals surface area contributed by atoms with Crippen LogP contribution in [0.2, 0.25) is 0 Å². The molecule has 0 aromatic rings. The Labute approximate surface area is 87.6 Å². The van der Waals surface area contributed by atoms with Crippen LogP contribution >= 0.6 is 0 Å². The maximum absolute atomic E-state index is 8.25. The molecule has 0 N–H and O–H groups in total. The third-order valence-corrected chi connectivity index (χ3v) is 2.82. The van der Waals surface area contributed by atoms with Crippen molar-refractivity contribution >= 4 is 0 Å². The van der Waals surface area contributed by atoms with Crippen molar-refractivity contribution in [1.82, 2.24) is 14.7 Å². The molecule has 15 heavy (non-hydrogen) atoms. The summed E-state index contributed by atoms with van der Waals surface area (Å²) < 4.78 is 1.21. The summed E-state index contributed by atoms with van der Waals surface area (Å²) in [5, 5.41) is 14.8. The highest BCUT2D eigenvalue weighted by atomic mass is 16.9. The molecule has 4 bridgehead atoms.